The Labute approximate surface area is 112 Å². The Morgan fingerprint density at radius 2 is 2.10 bits per heavy atom. The van der Waals surface area contributed by atoms with E-state index in [-0.39, 0.29) is 11.4 Å². The smallest absolute Gasteiger partial charge is 0.338 e. The van der Waals surface area contributed by atoms with Gasteiger partial charge in [-0.25, -0.2) is 13.7 Å². The number of rotatable bonds is 2. The molecule has 20 heavy (non-hydrogen) atoms. The molecule has 0 spiro atoms. The van der Waals surface area contributed by atoms with Crippen molar-refractivity contribution in [2.45, 2.75) is 19.8 Å². The van der Waals surface area contributed by atoms with E-state index < -0.39 is 17.3 Å². The number of benzene rings is 1. The number of carbonyl (C=O) groups is 1. The number of aromatic carboxylic acids is 1. The van der Waals surface area contributed by atoms with Gasteiger partial charge in [-0.05, 0) is 18.1 Å². The number of nitrogens with zero attached hydrogens (tertiary/aromatic N) is 4. The van der Waals surface area contributed by atoms with Crippen molar-refractivity contribution in [3.63, 3.8) is 0 Å². The molecule has 0 saturated heterocycles. The van der Waals surface area contributed by atoms with Gasteiger partial charge in [-0.2, -0.15) is 5.10 Å². The number of halogens is 1. The summed E-state index contributed by atoms with van der Waals surface area (Å²) in [5, 5.41) is 20.9. The molecule has 0 bridgehead atoms. The van der Waals surface area contributed by atoms with Gasteiger partial charge in [-0.1, -0.05) is 13.8 Å². The second-order valence-electron chi connectivity index (χ2n) is 4.79. The van der Waals surface area contributed by atoms with Crippen molar-refractivity contribution >= 4 is 22.6 Å². The molecule has 1 aromatic carbocycles. The van der Waals surface area contributed by atoms with Crippen molar-refractivity contribution in [1.29, 1.82) is 0 Å². The van der Waals surface area contributed by atoms with Crippen molar-refractivity contribution in [3.8, 4) is 0 Å². The Kier molecular flexibility index (Phi) is 2.63. The maximum atomic E-state index is 14.1. The lowest BCUT2D eigenvalue weighted by Crippen LogP contribution is -2.05. The predicted molar refractivity (Wildman–Crippen MR) is 69.3 cm³/mol. The second-order valence-corrected chi connectivity index (χ2v) is 4.79. The maximum absolute atomic E-state index is 14.1. The molecule has 102 valence electrons. The van der Waals surface area contributed by atoms with Crippen LogP contribution in [0, 0.1) is 5.82 Å². The second kappa shape index (κ2) is 4.22. The summed E-state index contributed by atoms with van der Waals surface area (Å²) in [5.41, 5.74) is 1.18. The molecule has 2 heterocycles. The molecule has 0 radical (unpaired) electrons. The molecule has 7 heteroatoms. The van der Waals surface area contributed by atoms with Crippen molar-refractivity contribution < 1.29 is 14.3 Å². The first-order chi connectivity index (χ1) is 9.49. The minimum atomic E-state index is -1.34. The SMILES string of the molecule is CC(C)c1cc2nnc3c(F)c(C(=O)O)ccc3n2n1. The van der Waals surface area contributed by atoms with Crippen molar-refractivity contribution in [2.75, 3.05) is 0 Å². The predicted octanol–water partition coefficient (Wildman–Crippen LogP) is 2.24. The molecule has 0 amide bonds. The van der Waals surface area contributed by atoms with Gasteiger partial charge in [-0.15, -0.1) is 10.2 Å². The third-order valence-electron chi connectivity index (χ3n) is 3.11. The van der Waals surface area contributed by atoms with Crippen LogP contribution in [0.3, 0.4) is 0 Å². The molecule has 3 aromatic rings. The highest BCUT2D eigenvalue weighted by Gasteiger charge is 2.17. The molecule has 0 fully saturated rings. The van der Waals surface area contributed by atoms with Gasteiger partial charge in [0.1, 0.15) is 5.52 Å². The molecule has 0 saturated carbocycles. The van der Waals surface area contributed by atoms with E-state index in [9.17, 15) is 9.18 Å². The van der Waals surface area contributed by atoms with E-state index in [1.165, 1.54) is 16.6 Å². The number of carboxylic acids is 1. The lowest BCUT2D eigenvalue weighted by atomic mass is 10.1. The van der Waals surface area contributed by atoms with Crippen LogP contribution < -0.4 is 0 Å². The van der Waals surface area contributed by atoms with E-state index in [0.717, 1.165) is 5.69 Å². The van der Waals surface area contributed by atoms with Gasteiger partial charge >= 0.3 is 5.97 Å². The molecular weight excluding hydrogens is 263 g/mol. The van der Waals surface area contributed by atoms with Crippen molar-refractivity contribution in [3.05, 3.63) is 35.3 Å². The largest absolute Gasteiger partial charge is 0.478 e. The zero-order valence-corrected chi connectivity index (χ0v) is 10.8. The fourth-order valence-corrected chi connectivity index (χ4v) is 2.01. The van der Waals surface area contributed by atoms with E-state index in [0.29, 0.717) is 11.2 Å². The average molecular weight is 274 g/mol. The van der Waals surface area contributed by atoms with Gasteiger partial charge in [0.25, 0.3) is 0 Å². The van der Waals surface area contributed by atoms with Gasteiger partial charge in [0.05, 0.1) is 16.8 Å². The first-order valence-electron chi connectivity index (χ1n) is 6.07. The van der Waals surface area contributed by atoms with Crippen LogP contribution in [0.2, 0.25) is 0 Å². The monoisotopic (exact) mass is 274 g/mol. The average Bonchev–Trinajstić information content (AvgIpc) is 2.83. The highest BCUT2D eigenvalue weighted by molar-refractivity contribution is 5.93. The number of hydrogen-bond acceptors (Lipinski definition) is 4. The highest BCUT2D eigenvalue weighted by atomic mass is 19.1. The standard InChI is InChI=1S/C13H11FN4O2/c1-6(2)8-5-10-15-16-12-9(18(10)17-8)4-3-7(11(12)14)13(19)20/h3-6H,1-2H3,(H,19,20). The first-order valence-corrected chi connectivity index (χ1v) is 6.07. The molecule has 6 nitrogen and oxygen atoms in total. The molecular formula is C13H11FN4O2. The summed E-state index contributed by atoms with van der Waals surface area (Å²) in [4.78, 5) is 10.9. The molecule has 0 aliphatic rings. The molecule has 0 atom stereocenters. The van der Waals surface area contributed by atoms with E-state index in [4.69, 9.17) is 5.11 Å². The lowest BCUT2D eigenvalue weighted by Gasteiger charge is -2.03. The van der Waals surface area contributed by atoms with Gasteiger partial charge in [0, 0.05) is 6.07 Å². The van der Waals surface area contributed by atoms with Gasteiger partial charge in [0.15, 0.2) is 11.5 Å². The molecule has 2 aromatic heterocycles. The minimum absolute atomic E-state index is 0.101. The third-order valence-corrected chi connectivity index (χ3v) is 3.11. The van der Waals surface area contributed by atoms with Gasteiger partial charge in [-0.3, -0.25) is 0 Å². The van der Waals surface area contributed by atoms with Crippen LogP contribution >= 0.6 is 0 Å². The summed E-state index contributed by atoms with van der Waals surface area (Å²) in [6.07, 6.45) is 0. The summed E-state index contributed by atoms with van der Waals surface area (Å²) in [6.45, 7) is 3.97. The van der Waals surface area contributed by atoms with Crippen LogP contribution in [-0.4, -0.2) is 30.9 Å². The Morgan fingerprint density at radius 1 is 1.35 bits per heavy atom. The summed E-state index contributed by atoms with van der Waals surface area (Å²) < 4.78 is 15.6. The number of hydrogen-bond donors (Lipinski definition) is 1. The van der Waals surface area contributed by atoms with Crippen LogP contribution in [0.5, 0.6) is 0 Å². The summed E-state index contributed by atoms with van der Waals surface area (Å²) in [6, 6.07) is 4.47. The van der Waals surface area contributed by atoms with Crippen molar-refractivity contribution in [2.24, 2.45) is 0 Å². The normalized spacial score (nSPS) is 11.6. The maximum Gasteiger partial charge on any atom is 0.338 e. The lowest BCUT2D eigenvalue weighted by molar-refractivity contribution is 0.0692. The molecule has 0 unspecified atom stereocenters. The summed E-state index contributed by atoms with van der Waals surface area (Å²) in [7, 11) is 0. The Hall–Kier alpha value is -2.57. The van der Waals surface area contributed by atoms with E-state index in [2.05, 4.69) is 15.3 Å². The number of carboxylic acid groups (broad SMARTS) is 1. The molecule has 1 N–H and O–H groups in total. The zero-order chi connectivity index (χ0) is 14.4. The van der Waals surface area contributed by atoms with Crippen LogP contribution in [0.4, 0.5) is 4.39 Å². The quantitative estimate of drug-likeness (QED) is 0.775. The molecule has 0 aliphatic carbocycles. The van der Waals surface area contributed by atoms with Crippen LogP contribution in [0.1, 0.15) is 35.8 Å². The topological polar surface area (TPSA) is 80.4 Å². The van der Waals surface area contributed by atoms with Crippen molar-refractivity contribution in [1.82, 2.24) is 19.8 Å². The van der Waals surface area contributed by atoms with Gasteiger partial charge < -0.3 is 5.11 Å². The fourth-order valence-electron chi connectivity index (χ4n) is 2.01. The minimum Gasteiger partial charge on any atom is -0.478 e. The number of fused-ring (bicyclic) bond motifs is 3. The Morgan fingerprint density at radius 3 is 2.75 bits per heavy atom. The Bertz CT molecular complexity index is 841. The van der Waals surface area contributed by atoms with Crippen LogP contribution in [0.25, 0.3) is 16.7 Å². The fraction of sp³-hybridized carbons (Fsp3) is 0.231. The van der Waals surface area contributed by atoms with E-state index in [1.807, 2.05) is 13.8 Å². The summed E-state index contributed by atoms with van der Waals surface area (Å²) >= 11 is 0. The first kappa shape index (κ1) is 12.5. The summed E-state index contributed by atoms with van der Waals surface area (Å²) in [5.74, 6) is -2.03. The van der Waals surface area contributed by atoms with Gasteiger partial charge in [0.2, 0.25) is 0 Å². The number of aromatic nitrogens is 4. The Balaban J connectivity index is 2.37. The third kappa shape index (κ3) is 1.70. The van der Waals surface area contributed by atoms with E-state index in [1.54, 1.807) is 6.07 Å². The molecule has 3 rings (SSSR count). The van der Waals surface area contributed by atoms with Crippen LogP contribution in [0.15, 0.2) is 18.2 Å². The highest BCUT2D eigenvalue weighted by Crippen LogP contribution is 2.21. The molecule has 0 aliphatic heterocycles. The van der Waals surface area contributed by atoms with Crippen LogP contribution in [-0.2, 0) is 0 Å². The zero-order valence-electron chi connectivity index (χ0n) is 10.8. The van der Waals surface area contributed by atoms with E-state index >= 15 is 0 Å².